The third-order valence-corrected chi connectivity index (χ3v) is 1.60. The second-order valence-corrected chi connectivity index (χ2v) is 4.53. The average molecular weight is 200 g/mol. The third-order valence-electron chi connectivity index (χ3n) is 1.60. The number of carbonyl (C=O) groups excluding carboxylic acids is 1. The van der Waals surface area contributed by atoms with Crippen molar-refractivity contribution in [2.45, 2.75) is 39.7 Å². The monoisotopic (exact) mass is 200 g/mol. The summed E-state index contributed by atoms with van der Waals surface area (Å²) in [7, 11) is 0. The molecule has 0 aromatic rings. The van der Waals surface area contributed by atoms with Crippen molar-refractivity contribution in [1.29, 1.82) is 5.41 Å². The minimum Gasteiger partial charge on any atom is -0.456 e. The summed E-state index contributed by atoms with van der Waals surface area (Å²) in [6.07, 6.45) is 0.380. The number of rotatable bonds is 4. The number of ether oxygens (including phenoxy) is 1. The van der Waals surface area contributed by atoms with E-state index < -0.39 is 11.6 Å². The fourth-order valence-corrected chi connectivity index (χ4v) is 0.855. The van der Waals surface area contributed by atoms with Gasteiger partial charge in [-0.2, -0.15) is 0 Å². The first-order valence-electron chi connectivity index (χ1n) is 4.77. The van der Waals surface area contributed by atoms with E-state index in [1.165, 1.54) is 0 Å². The largest absolute Gasteiger partial charge is 0.456 e. The first kappa shape index (κ1) is 13.1. The number of carbonyl (C=O) groups is 1. The smallest absolute Gasteiger partial charge is 0.352 e. The highest BCUT2D eigenvalue weighted by Crippen LogP contribution is 2.09. The topological polar surface area (TPSA) is 76.2 Å². The van der Waals surface area contributed by atoms with Crippen LogP contribution >= 0.6 is 0 Å². The summed E-state index contributed by atoms with van der Waals surface area (Å²) in [6.45, 7) is 7.73. The minimum atomic E-state index is -0.544. The molecule has 0 fully saturated rings. The minimum absolute atomic E-state index is 0.00197. The normalized spacial score (nSPS) is 13.5. The molecule has 0 bridgehead atoms. The Morgan fingerprint density at radius 3 is 2.36 bits per heavy atom. The van der Waals surface area contributed by atoms with Crippen LogP contribution in [0.25, 0.3) is 0 Å². The van der Waals surface area contributed by atoms with Crippen LogP contribution in [0.15, 0.2) is 0 Å². The molecular weight excluding hydrogens is 180 g/mol. The molecule has 0 rings (SSSR count). The lowest BCUT2D eigenvalue weighted by atomic mass is 10.0. The highest BCUT2D eigenvalue weighted by molar-refractivity contribution is 6.35. The lowest BCUT2D eigenvalue weighted by Crippen LogP contribution is -2.30. The van der Waals surface area contributed by atoms with Crippen LogP contribution in [0, 0.1) is 11.3 Å². The van der Waals surface area contributed by atoms with Crippen LogP contribution in [-0.4, -0.2) is 23.8 Å². The Morgan fingerprint density at radius 1 is 1.50 bits per heavy atom. The van der Waals surface area contributed by atoms with E-state index in [1.54, 1.807) is 20.8 Å². The van der Waals surface area contributed by atoms with Gasteiger partial charge in [-0.05, 0) is 33.2 Å². The van der Waals surface area contributed by atoms with Crippen LogP contribution in [0.3, 0.4) is 0 Å². The molecule has 0 saturated carbocycles. The number of nitrogens with one attached hydrogen (secondary N) is 1. The van der Waals surface area contributed by atoms with Gasteiger partial charge < -0.3 is 10.5 Å². The molecule has 0 spiro atoms. The molecule has 0 aliphatic carbocycles. The van der Waals surface area contributed by atoms with Gasteiger partial charge in [-0.3, -0.25) is 5.41 Å². The molecule has 1 atom stereocenters. The van der Waals surface area contributed by atoms with Crippen LogP contribution in [0.1, 0.15) is 34.1 Å². The molecule has 82 valence electrons. The summed E-state index contributed by atoms with van der Waals surface area (Å²) >= 11 is 0. The van der Waals surface area contributed by atoms with Crippen molar-refractivity contribution in [2.24, 2.45) is 11.7 Å². The molecule has 0 aliphatic heterocycles. The molecular formula is C10H20N2O2. The van der Waals surface area contributed by atoms with Crippen molar-refractivity contribution >= 4 is 11.7 Å². The Kier molecular flexibility index (Phi) is 4.77. The van der Waals surface area contributed by atoms with E-state index in [2.05, 4.69) is 0 Å². The molecule has 0 saturated heterocycles. The van der Waals surface area contributed by atoms with Crippen molar-refractivity contribution < 1.29 is 9.53 Å². The van der Waals surface area contributed by atoms with Gasteiger partial charge in [-0.1, -0.05) is 6.92 Å². The number of hydrogen-bond acceptors (Lipinski definition) is 4. The molecule has 1 unspecified atom stereocenters. The van der Waals surface area contributed by atoms with Gasteiger partial charge in [0.15, 0.2) is 0 Å². The van der Waals surface area contributed by atoms with E-state index in [1.807, 2.05) is 6.92 Å². The summed E-state index contributed by atoms with van der Waals surface area (Å²) in [4.78, 5) is 11.3. The summed E-state index contributed by atoms with van der Waals surface area (Å²) in [5, 5.41) is 7.48. The lowest BCUT2D eigenvalue weighted by Gasteiger charge is -2.20. The summed E-state index contributed by atoms with van der Waals surface area (Å²) in [5.74, 6) is -0.396. The van der Waals surface area contributed by atoms with Crippen molar-refractivity contribution in [3.8, 4) is 0 Å². The van der Waals surface area contributed by atoms with Crippen LogP contribution in [-0.2, 0) is 9.53 Å². The Labute approximate surface area is 85.3 Å². The van der Waals surface area contributed by atoms with Crippen molar-refractivity contribution in [3.63, 3.8) is 0 Å². The van der Waals surface area contributed by atoms with E-state index in [0.717, 1.165) is 0 Å². The quantitative estimate of drug-likeness (QED) is 0.531. The van der Waals surface area contributed by atoms with E-state index in [9.17, 15) is 4.79 Å². The van der Waals surface area contributed by atoms with Crippen molar-refractivity contribution in [1.82, 2.24) is 0 Å². The first-order chi connectivity index (χ1) is 6.26. The Hall–Kier alpha value is -0.900. The number of esters is 1. The molecule has 0 amide bonds. The molecule has 0 aromatic heterocycles. The standard InChI is InChI=1S/C10H20N2O2/c1-7(6-11)5-8(12)9(13)14-10(2,3)4/h7,12H,5-6,11H2,1-4H3. The zero-order chi connectivity index (χ0) is 11.4. The fraction of sp³-hybridized carbons (Fsp3) is 0.800. The Bertz CT molecular complexity index is 219. The predicted octanol–water partition coefficient (Wildman–Crippen LogP) is 1.33. The van der Waals surface area contributed by atoms with Gasteiger partial charge >= 0.3 is 5.97 Å². The average Bonchev–Trinajstić information content (AvgIpc) is 2.00. The van der Waals surface area contributed by atoms with Crippen LogP contribution in [0.4, 0.5) is 0 Å². The molecule has 0 aliphatic rings. The second kappa shape index (κ2) is 5.10. The molecule has 4 nitrogen and oxygen atoms in total. The predicted molar refractivity (Wildman–Crippen MR) is 56.4 cm³/mol. The maximum Gasteiger partial charge on any atom is 0.352 e. The molecule has 0 heterocycles. The van der Waals surface area contributed by atoms with Gasteiger partial charge in [0.1, 0.15) is 11.3 Å². The number of nitrogens with two attached hydrogens (primary N) is 1. The van der Waals surface area contributed by atoms with E-state index in [0.29, 0.717) is 13.0 Å². The van der Waals surface area contributed by atoms with Gasteiger partial charge in [-0.15, -0.1) is 0 Å². The van der Waals surface area contributed by atoms with E-state index in [4.69, 9.17) is 15.9 Å². The number of hydrogen-bond donors (Lipinski definition) is 2. The van der Waals surface area contributed by atoms with Gasteiger partial charge in [0.2, 0.25) is 0 Å². The third kappa shape index (κ3) is 5.70. The van der Waals surface area contributed by atoms with Crippen LogP contribution < -0.4 is 5.73 Å². The van der Waals surface area contributed by atoms with Crippen LogP contribution in [0.5, 0.6) is 0 Å². The maximum absolute atomic E-state index is 11.3. The fourth-order valence-electron chi connectivity index (χ4n) is 0.855. The van der Waals surface area contributed by atoms with E-state index >= 15 is 0 Å². The van der Waals surface area contributed by atoms with Gasteiger partial charge in [-0.25, -0.2) is 4.79 Å². The summed E-state index contributed by atoms with van der Waals surface area (Å²) in [5.41, 5.74) is 4.86. The first-order valence-corrected chi connectivity index (χ1v) is 4.77. The van der Waals surface area contributed by atoms with E-state index in [-0.39, 0.29) is 11.6 Å². The lowest BCUT2D eigenvalue weighted by molar-refractivity contribution is -0.146. The van der Waals surface area contributed by atoms with Gasteiger partial charge in [0.25, 0.3) is 0 Å². The second-order valence-electron chi connectivity index (χ2n) is 4.53. The highest BCUT2D eigenvalue weighted by Gasteiger charge is 2.20. The SMILES string of the molecule is CC(CN)CC(=N)C(=O)OC(C)(C)C. The van der Waals surface area contributed by atoms with Gasteiger partial charge in [0.05, 0.1) is 0 Å². The zero-order valence-corrected chi connectivity index (χ0v) is 9.39. The molecule has 14 heavy (non-hydrogen) atoms. The molecule has 3 N–H and O–H groups in total. The van der Waals surface area contributed by atoms with Crippen molar-refractivity contribution in [3.05, 3.63) is 0 Å². The van der Waals surface area contributed by atoms with Gasteiger partial charge in [0, 0.05) is 6.42 Å². The Morgan fingerprint density at radius 2 is 2.00 bits per heavy atom. The zero-order valence-electron chi connectivity index (χ0n) is 9.39. The maximum atomic E-state index is 11.3. The summed E-state index contributed by atoms with van der Waals surface area (Å²) < 4.78 is 5.04. The molecule has 0 radical (unpaired) electrons. The van der Waals surface area contributed by atoms with Crippen LogP contribution in [0.2, 0.25) is 0 Å². The molecule has 0 aromatic carbocycles. The molecule has 4 heteroatoms. The summed E-state index contributed by atoms with van der Waals surface area (Å²) in [6, 6.07) is 0. The van der Waals surface area contributed by atoms with Crippen molar-refractivity contribution in [2.75, 3.05) is 6.54 Å². The Balaban J connectivity index is 4.08. The highest BCUT2D eigenvalue weighted by atomic mass is 16.6.